The maximum atomic E-state index is 12.9. The van der Waals surface area contributed by atoms with Crippen LogP contribution in [0, 0.1) is 0 Å². The molecule has 0 fully saturated rings. The third-order valence-corrected chi connectivity index (χ3v) is 4.30. The predicted molar refractivity (Wildman–Crippen MR) is 99.8 cm³/mol. The minimum atomic E-state index is -0.0734. The number of hydrogen-bond donors (Lipinski definition) is 0. The van der Waals surface area contributed by atoms with Crippen molar-refractivity contribution in [2.24, 2.45) is 0 Å². The average molecular weight is 348 g/mol. The first-order chi connectivity index (χ1) is 12.2. The molecule has 25 heavy (non-hydrogen) atoms. The molecule has 0 atom stereocenters. The van der Waals surface area contributed by atoms with Crippen molar-refractivity contribution in [3.05, 3.63) is 94.3 Å². The average Bonchev–Trinajstić information content (AvgIpc) is 2.65. The van der Waals surface area contributed by atoms with Crippen molar-refractivity contribution in [2.45, 2.75) is 6.54 Å². The zero-order valence-electron chi connectivity index (χ0n) is 13.3. The van der Waals surface area contributed by atoms with Gasteiger partial charge in [-0.1, -0.05) is 35.9 Å². The maximum absolute atomic E-state index is 12.9. The molecule has 0 bridgehead atoms. The lowest BCUT2D eigenvalue weighted by Crippen LogP contribution is -2.21. The molecule has 0 spiro atoms. The van der Waals surface area contributed by atoms with Gasteiger partial charge >= 0.3 is 0 Å². The lowest BCUT2D eigenvalue weighted by molar-refractivity contribution is 0.748. The van der Waals surface area contributed by atoms with Gasteiger partial charge in [0.25, 0.3) is 5.56 Å². The summed E-state index contributed by atoms with van der Waals surface area (Å²) in [5.41, 5.74) is 3.48. The number of halogens is 1. The highest BCUT2D eigenvalue weighted by molar-refractivity contribution is 6.30. The molecule has 4 aromatic rings. The Morgan fingerprint density at radius 1 is 1.00 bits per heavy atom. The van der Waals surface area contributed by atoms with Crippen molar-refractivity contribution in [3.63, 3.8) is 0 Å². The van der Waals surface area contributed by atoms with Crippen molar-refractivity contribution >= 4 is 22.5 Å². The van der Waals surface area contributed by atoms with E-state index in [-0.39, 0.29) is 5.56 Å². The van der Waals surface area contributed by atoms with Gasteiger partial charge in [0.15, 0.2) is 0 Å². The van der Waals surface area contributed by atoms with E-state index >= 15 is 0 Å². The second-order valence-corrected chi connectivity index (χ2v) is 6.22. The summed E-state index contributed by atoms with van der Waals surface area (Å²) < 4.78 is 1.60. The van der Waals surface area contributed by atoms with Crippen LogP contribution >= 0.6 is 11.6 Å². The Kier molecular flexibility index (Phi) is 4.04. The van der Waals surface area contributed by atoms with Crippen LogP contribution in [0.15, 0.2) is 78.1 Å². The smallest absolute Gasteiger partial charge is 0.261 e. The first kappa shape index (κ1) is 15.5. The van der Waals surface area contributed by atoms with Gasteiger partial charge in [0, 0.05) is 23.0 Å². The maximum Gasteiger partial charge on any atom is 0.261 e. The number of fused-ring (bicyclic) bond motifs is 1. The van der Waals surface area contributed by atoms with E-state index in [9.17, 15) is 4.79 Å². The molecule has 2 heterocycles. The quantitative estimate of drug-likeness (QED) is 0.559. The monoisotopic (exact) mass is 347 g/mol. The summed E-state index contributed by atoms with van der Waals surface area (Å²) in [7, 11) is 0. The van der Waals surface area contributed by atoms with E-state index in [2.05, 4.69) is 9.97 Å². The van der Waals surface area contributed by atoms with E-state index in [1.54, 1.807) is 23.3 Å². The molecule has 4 nitrogen and oxygen atoms in total. The number of hydrogen-bond acceptors (Lipinski definition) is 3. The Balaban J connectivity index is 1.80. The van der Waals surface area contributed by atoms with Crippen LogP contribution in [0.25, 0.3) is 22.0 Å². The van der Waals surface area contributed by atoms with E-state index in [0.29, 0.717) is 22.5 Å². The lowest BCUT2D eigenvalue weighted by atomic mass is 10.1. The van der Waals surface area contributed by atoms with Crippen LogP contribution < -0.4 is 5.56 Å². The van der Waals surface area contributed by atoms with Gasteiger partial charge in [0.1, 0.15) is 0 Å². The minimum absolute atomic E-state index is 0.0734. The molecule has 0 radical (unpaired) electrons. The predicted octanol–water partition coefficient (Wildman–Crippen LogP) is 4.16. The van der Waals surface area contributed by atoms with E-state index in [4.69, 9.17) is 11.6 Å². The van der Waals surface area contributed by atoms with Gasteiger partial charge in [-0.25, -0.2) is 4.98 Å². The van der Waals surface area contributed by atoms with Crippen molar-refractivity contribution < 1.29 is 0 Å². The molecule has 0 aliphatic heterocycles. The van der Waals surface area contributed by atoms with Crippen LogP contribution in [0.3, 0.4) is 0 Å². The number of rotatable bonds is 3. The van der Waals surface area contributed by atoms with E-state index in [1.165, 1.54) is 0 Å². The fourth-order valence-corrected chi connectivity index (χ4v) is 3.03. The Morgan fingerprint density at radius 3 is 2.72 bits per heavy atom. The van der Waals surface area contributed by atoms with Crippen LogP contribution in [0.4, 0.5) is 0 Å². The van der Waals surface area contributed by atoms with Gasteiger partial charge in [-0.05, 0) is 41.5 Å². The SMILES string of the molecule is O=c1c2cc(-c3cccnc3)ccc2ncn1Cc1cccc(Cl)c1. The number of pyridine rings is 1. The Hall–Kier alpha value is -2.98. The molecule has 122 valence electrons. The summed E-state index contributed by atoms with van der Waals surface area (Å²) in [6, 6.07) is 17.0. The molecule has 0 unspecified atom stereocenters. The van der Waals surface area contributed by atoms with Gasteiger partial charge in [-0.15, -0.1) is 0 Å². The molecular weight excluding hydrogens is 334 g/mol. The molecule has 0 saturated carbocycles. The molecule has 2 aromatic carbocycles. The highest BCUT2D eigenvalue weighted by atomic mass is 35.5. The van der Waals surface area contributed by atoms with Crippen molar-refractivity contribution in [2.75, 3.05) is 0 Å². The van der Waals surface area contributed by atoms with Crippen LogP contribution in [0.2, 0.25) is 5.02 Å². The van der Waals surface area contributed by atoms with E-state index < -0.39 is 0 Å². The third-order valence-electron chi connectivity index (χ3n) is 4.06. The first-order valence-corrected chi connectivity index (χ1v) is 8.22. The molecule has 0 saturated heterocycles. The van der Waals surface area contributed by atoms with Gasteiger partial charge in [0.05, 0.1) is 23.8 Å². The topological polar surface area (TPSA) is 47.8 Å². The second-order valence-electron chi connectivity index (χ2n) is 5.78. The summed E-state index contributed by atoms with van der Waals surface area (Å²) >= 11 is 6.03. The minimum Gasteiger partial charge on any atom is -0.294 e. The molecule has 0 N–H and O–H groups in total. The zero-order valence-corrected chi connectivity index (χ0v) is 14.0. The van der Waals surface area contributed by atoms with Gasteiger partial charge in [0.2, 0.25) is 0 Å². The lowest BCUT2D eigenvalue weighted by Gasteiger charge is -2.08. The molecule has 0 aliphatic carbocycles. The molecule has 2 aromatic heterocycles. The molecule has 0 amide bonds. The van der Waals surface area contributed by atoms with Crippen LogP contribution in [0.5, 0.6) is 0 Å². The van der Waals surface area contributed by atoms with E-state index in [0.717, 1.165) is 16.7 Å². The number of benzene rings is 2. The normalized spacial score (nSPS) is 10.9. The molecule has 0 aliphatic rings. The van der Waals surface area contributed by atoms with E-state index in [1.807, 2.05) is 54.6 Å². The fraction of sp³-hybridized carbons (Fsp3) is 0.0500. The van der Waals surface area contributed by atoms with Crippen molar-refractivity contribution in [1.29, 1.82) is 0 Å². The third kappa shape index (κ3) is 3.16. The molecule has 5 heteroatoms. The largest absolute Gasteiger partial charge is 0.294 e. The number of aromatic nitrogens is 3. The Labute approximate surface area is 149 Å². The highest BCUT2D eigenvalue weighted by Gasteiger charge is 2.07. The Bertz CT molecular complexity index is 1110. The molecular formula is C20H14ClN3O. The van der Waals surface area contributed by atoms with Crippen molar-refractivity contribution in [3.8, 4) is 11.1 Å². The standard InChI is InChI=1S/C20H14ClN3O/c21-17-5-1-3-14(9-17)12-24-13-23-19-7-6-15(10-18(19)20(24)25)16-4-2-8-22-11-16/h1-11,13H,12H2. The zero-order chi connectivity index (χ0) is 17.2. The molecule has 4 rings (SSSR count). The Morgan fingerprint density at radius 2 is 1.92 bits per heavy atom. The summed E-state index contributed by atoms with van der Waals surface area (Å²) in [6.07, 6.45) is 5.08. The van der Waals surface area contributed by atoms with Crippen LogP contribution in [-0.4, -0.2) is 14.5 Å². The van der Waals surface area contributed by atoms with Gasteiger partial charge < -0.3 is 0 Å². The summed E-state index contributed by atoms with van der Waals surface area (Å²) in [6.45, 7) is 0.430. The van der Waals surface area contributed by atoms with Gasteiger partial charge in [-0.2, -0.15) is 0 Å². The highest BCUT2D eigenvalue weighted by Crippen LogP contribution is 2.21. The second kappa shape index (κ2) is 6.49. The fourth-order valence-electron chi connectivity index (χ4n) is 2.82. The van der Waals surface area contributed by atoms with Crippen LogP contribution in [0.1, 0.15) is 5.56 Å². The summed E-state index contributed by atoms with van der Waals surface area (Å²) in [5, 5.41) is 1.24. The summed E-state index contributed by atoms with van der Waals surface area (Å²) in [5.74, 6) is 0. The van der Waals surface area contributed by atoms with Gasteiger partial charge in [-0.3, -0.25) is 14.3 Å². The van der Waals surface area contributed by atoms with Crippen molar-refractivity contribution in [1.82, 2.24) is 14.5 Å². The first-order valence-electron chi connectivity index (χ1n) is 7.85. The van der Waals surface area contributed by atoms with Crippen LogP contribution in [-0.2, 0) is 6.54 Å². The number of nitrogens with zero attached hydrogens (tertiary/aromatic N) is 3. The summed E-state index contributed by atoms with van der Waals surface area (Å²) in [4.78, 5) is 21.4.